The van der Waals surface area contributed by atoms with Crippen LogP contribution in [0.4, 0.5) is 0 Å². The maximum Gasteiger partial charge on any atom is 0.0267 e. The summed E-state index contributed by atoms with van der Waals surface area (Å²) in [7, 11) is 0. The molecule has 3 aliphatic rings. The van der Waals surface area contributed by atoms with Crippen molar-refractivity contribution in [1.82, 2.24) is 15.1 Å². The molecular weight excluding hydrogens is 234 g/mol. The summed E-state index contributed by atoms with van der Waals surface area (Å²) in [5.41, 5.74) is 0. The van der Waals surface area contributed by atoms with Crippen molar-refractivity contribution in [3.63, 3.8) is 0 Å². The van der Waals surface area contributed by atoms with Crippen molar-refractivity contribution in [2.45, 2.75) is 70.6 Å². The number of piperazine rings is 1. The Bertz CT molecular complexity index is 304. The summed E-state index contributed by atoms with van der Waals surface area (Å²) in [4.78, 5) is 5.65. The fourth-order valence-electron chi connectivity index (χ4n) is 4.56. The molecule has 3 nitrogen and oxygen atoms in total. The van der Waals surface area contributed by atoms with Gasteiger partial charge < -0.3 is 5.32 Å². The minimum atomic E-state index is 0.660. The minimum Gasteiger partial charge on any atom is -0.311 e. The smallest absolute Gasteiger partial charge is 0.0267 e. The van der Waals surface area contributed by atoms with Gasteiger partial charge in [-0.05, 0) is 38.6 Å². The van der Waals surface area contributed by atoms with Gasteiger partial charge >= 0.3 is 0 Å². The lowest BCUT2D eigenvalue weighted by Crippen LogP contribution is -2.62. The van der Waals surface area contributed by atoms with Gasteiger partial charge in [0.1, 0.15) is 0 Å². The Morgan fingerprint density at radius 1 is 1.05 bits per heavy atom. The molecule has 0 aromatic heterocycles. The summed E-state index contributed by atoms with van der Waals surface area (Å²) < 4.78 is 0. The van der Waals surface area contributed by atoms with Crippen molar-refractivity contribution in [3.05, 3.63) is 0 Å². The van der Waals surface area contributed by atoms with Crippen molar-refractivity contribution in [2.24, 2.45) is 5.92 Å². The Hall–Kier alpha value is -0.120. The van der Waals surface area contributed by atoms with E-state index in [1.165, 1.54) is 51.9 Å². The van der Waals surface area contributed by atoms with Crippen LogP contribution in [-0.2, 0) is 0 Å². The molecule has 3 saturated heterocycles. The molecule has 0 amide bonds. The van der Waals surface area contributed by atoms with E-state index in [0.717, 1.165) is 24.0 Å². The lowest BCUT2D eigenvalue weighted by molar-refractivity contribution is 0.0328. The molecule has 0 saturated carbocycles. The van der Waals surface area contributed by atoms with Crippen LogP contribution in [0.5, 0.6) is 0 Å². The van der Waals surface area contributed by atoms with Gasteiger partial charge in [-0.15, -0.1) is 0 Å². The average molecular weight is 265 g/mol. The molecule has 3 fully saturated rings. The van der Waals surface area contributed by atoms with Crippen LogP contribution in [0.25, 0.3) is 0 Å². The van der Waals surface area contributed by atoms with Gasteiger partial charge in [-0.1, -0.05) is 20.3 Å². The molecule has 3 heterocycles. The van der Waals surface area contributed by atoms with E-state index in [2.05, 4.69) is 35.9 Å². The van der Waals surface area contributed by atoms with Gasteiger partial charge in [0.15, 0.2) is 0 Å². The second kappa shape index (κ2) is 5.71. The first-order chi connectivity index (χ1) is 9.16. The monoisotopic (exact) mass is 265 g/mol. The lowest BCUT2D eigenvalue weighted by Gasteiger charge is -2.47. The number of rotatable bonds is 2. The van der Waals surface area contributed by atoms with Crippen LogP contribution in [0.3, 0.4) is 0 Å². The Morgan fingerprint density at radius 3 is 2.68 bits per heavy atom. The molecule has 4 unspecified atom stereocenters. The van der Waals surface area contributed by atoms with Crippen LogP contribution in [0.15, 0.2) is 0 Å². The van der Waals surface area contributed by atoms with Gasteiger partial charge in [-0.25, -0.2) is 0 Å². The summed E-state index contributed by atoms with van der Waals surface area (Å²) in [6.07, 6.45) is 5.72. The molecule has 3 aliphatic heterocycles. The predicted octanol–water partition coefficient (Wildman–Crippen LogP) is 1.93. The maximum atomic E-state index is 3.68. The van der Waals surface area contributed by atoms with Gasteiger partial charge in [-0.3, -0.25) is 9.80 Å². The fraction of sp³-hybridized carbons (Fsp3) is 1.00. The highest BCUT2D eigenvalue weighted by Crippen LogP contribution is 2.33. The summed E-state index contributed by atoms with van der Waals surface area (Å²) >= 11 is 0. The third kappa shape index (κ3) is 2.70. The SMILES string of the molecule is CC1CN(C2CCN3CCCCC23)C(C(C)C)CN1. The van der Waals surface area contributed by atoms with Crippen LogP contribution >= 0.6 is 0 Å². The molecular formula is C16H31N3. The topological polar surface area (TPSA) is 18.5 Å². The van der Waals surface area contributed by atoms with E-state index in [4.69, 9.17) is 0 Å². The number of nitrogens with one attached hydrogen (secondary N) is 1. The summed E-state index contributed by atoms with van der Waals surface area (Å²) in [6, 6.07) is 3.09. The highest BCUT2D eigenvalue weighted by molar-refractivity contribution is 5.00. The Morgan fingerprint density at radius 2 is 1.89 bits per heavy atom. The fourth-order valence-corrected chi connectivity index (χ4v) is 4.56. The highest BCUT2D eigenvalue weighted by Gasteiger charge is 2.42. The highest BCUT2D eigenvalue weighted by atomic mass is 15.3. The zero-order valence-electron chi connectivity index (χ0n) is 12.9. The molecule has 0 spiro atoms. The molecule has 0 bridgehead atoms. The lowest BCUT2D eigenvalue weighted by atomic mass is 9.91. The third-order valence-corrected chi connectivity index (χ3v) is 5.60. The van der Waals surface area contributed by atoms with Crippen LogP contribution < -0.4 is 5.32 Å². The molecule has 0 aliphatic carbocycles. The zero-order valence-corrected chi connectivity index (χ0v) is 12.9. The van der Waals surface area contributed by atoms with Crippen molar-refractivity contribution in [1.29, 1.82) is 0 Å². The summed E-state index contributed by atoms with van der Waals surface area (Å²) in [5, 5.41) is 3.68. The molecule has 110 valence electrons. The Labute approximate surface area is 118 Å². The summed E-state index contributed by atoms with van der Waals surface area (Å²) in [5.74, 6) is 0.762. The normalized spacial score (nSPS) is 41.7. The van der Waals surface area contributed by atoms with Gasteiger partial charge in [-0.2, -0.15) is 0 Å². The first-order valence-electron chi connectivity index (χ1n) is 8.40. The molecule has 3 heteroatoms. The first-order valence-corrected chi connectivity index (χ1v) is 8.40. The third-order valence-electron chi connectivity index (χ3n) is 5.60. The molecule has 0 aromatic carbocycles. The van der Waals surface area contributed by atoms with Crippen molar-refractivity contribution >= 4 is 0 Å². The van der Waals surface area contributed by atoms with Crippen LogP contribution in [0, 0.1) is 5.92 Å². The number of piperidine rings is 1. The summed E-state index contributed by atoms with van der Waals surface area (Å²) in [6.45, 7) is 12.3. The van der Waals surface area contributed by atoms with Crippen LogP contribution in [-0.4, -0.2) is 60.1 Å². The molecule has 0 aromatic rings. The molecule has 4 atom stereocenters. The van der Waals surface area contributed by atoms with Gasteiger partial charge in [0.05, 0.1) is 0 Å². The molecule has 3 rings (SSSR count). The van der Waals surface area contributed by atoms with Crippen LogP contribution in [0.2, 0.25) is 0 Å². The van der Waals surface area contributed by atoms with E-state index >= 15 is 0 Å². The minimum absolute atomic E-state index is 0.660. The van der Waals surface area contributed by atoms with Gasteiger partial charge in [0, 0.05) is 43.8 Å². The van der Waals surface area contributed by atoms with Gasteiger partial charge in [0.25, 0.3) is 0 Å². The van der Waals surface area contributed by atoms with Crippen LogP contribution in [0.1, 0.15) is 46.5 Å². The quantitative estimate of drug-likeness (QED) is 0.823. The molecule has 0 radical (unpaired) electrons. The zero-order chi connectivity index (χ0) is 13.4. The van der Waals surface area contributed by atoms with E-state index in [0.29, 0.717) is 6.04 Å². The van der Waals surface area contributed by atoms with E-state index in [1.807, 2.05) is 0 Å². The van der Waals surface area contributed by atoms with E-state index < -0.39 is 0 Å². The number of hydrogen-bond acceptors (Lipinski definition) is 3. The second-order valence-electron chi connectivity index (χ2n) is 7.27. The molecule has 1 N–H and O–H groups in total. The van der Waals surface area contributed by atoms with Gasteiger partial charge in [0.2, 0.25) is 0 Å². The predicted molar refractivity (Wildman–Crippen MR) is 80.4 cm³/mol. The molecule has 19 heavy (non-hydrogen) atoms. The largest absolute Gasteiger partial charge is 0.311 e. The number of fused-ring (bicyclic) bond motifs is 1. The Balaban J connectivity index is 1.74. The Kier molecular flexibility index (Phi) is 4.16. The maximum absolute atomic E-state index is 3.68. The van der Waals surface area contributed by atoms with Crippen molar-refractivity contribution in [2.75, 3.05) is 26.2 Å². The van der Waals surface area contributed by atoms with Crippen molar-refractivity contribution < 1.29 is 0 Å². The first kappa shape index (κ1) is 13.8. The standard InChI is InChI=1S/C16H31N3/c1-12(2)16-10-17-13(3)11-19(16)15-7-9-18-8-5-4-6-14(15)18/h12-17H,4-11H2,1-3H3. The number of nitrogens with zero attached hydrogens (tertiary/aromatic N) is 2. The van der Waals surface area contributed by atoms with Crippen molar-refractivity contribution in [3.8, 4) is 0 Å². The second-order valence-corrected chi connectivity index (χ2v) is 7.27. The van der Waals surface area contributed by atoms with E-state index in [9.17, 15) is 0 Å². The average Bonchev–Trinajstić information content (AvgIpc) is 2.82. The number of hydrogen-bond donors (Lipinski definition) is 1. The van der Waals surface area contributed by atoms with E-state index in [-0.39, 0.29) is 0 Å². The van der Waals surface area contributed by atoms with E-state index in [1.54, 1.807) is 0 Å².